The third-order valence-corrected chi connectivity index (χ3v) is 4.67. The van der Waals surface area contributed by atoms with Crippen molar-refractivity contribution in [1.82, 2.24) is 9.80 Å². The van der Waals surface area contributed by atoms with E-state index in [4.69, 9.17) is 4.42 Å². The van der Waals surface area contributed by atoms with Crippen LogP contribution in [0.5, 0.6) is 0 Å². The SMILES string of the molecule is Cc1ccc(CN(CCO)C(=O)[C@@H]2CC(=O)N(Cc3ccco3)C2)cc1. The standard InChI is InChI=1S/C20H24N2O4/c1-15-4-6-16(7-5-15)12-21(8-9-23)20(25)17-11-19(24)22(13-17)14-18-3-2-10-26-18/h2-7,10,17,23H,8-9,11-14H2,1H3/t17-/m1/s1. The van der Waals surface area contributed by atoms with E-state index in [0.717, 1.165) is 11.1 Å². The molecule has 6 nitrogen and oxygen atoms in total. The number of carbonyl (C=O) groups excluding carboxylic acids is 2. The quantitative estimate of drug-likeness (QED) is 0.823. The first kappa shape index (κ1) is 18.2. The number of nitrogens with zero attached hydrogens (tertiary/aromatic N) is 2. The first-order valence-electron chi connectivity index (χ1n) is 8.82. The summed E-state index contributed by atoms with van der Waals surface area (Å²) in [6, 6.07) is 11.6. The maximum atomic E-state index is 12.9. The Bertz CT molecular complexity index is 740. The molecule has 2 heterocycles. The topological polar surface area (TPSA) is 74.0 Å². The Kier molecular flexibility index (Phi) is 5.73. The number of furan rings is 1. The van der Waals surface area contributed by atoms with Crippen LogP contribution in [-0.4, -0.2) is 46.4 Å². The van der Waals surface area contributed by atoms with Gasteiger partial charge in [0.25, 0.3) is 0 Å². The third-order valence-electron chi connectivity index (χ3n) is 4.67. The van der Waals surface area contributed by atoms with Gasteiger partial charge in [0.2, 0.25) is 11.8 Å². The van der Waals surface area contributed by atoms with Gasteiger partial charge in [0.15, 0.2) is 0 Å². The molecule has 1 saturated heterocycles. The van der Waals surface area contributed by atoms with E-state index in [1.807, 2.05) is 37.3 Å². The molecule has 2 aromatic rings. The fourth-order valence-corrected chi connectivity index (χ4v) is 3.24. The average Bonchev–Trinajstić information content (AvgIpc) is 3.26. The summed E-state index contributed by atoms with van der Waals surface area (Å²) in [5, 5.41) is 9.34. The number of carbonyl (C=O) groups is 2. The highest BCUT2D eigenvalue weighted by Crippen LogP contribution is 2.23. The molecule has 1 N–H and O–H groups in total. The number of hydrogen-bond donors (Lipinski definition) is 1. The number of rotatable bonds is 7. The van der Waals surface area contributed by atoms with E-state index in [0.29, 0.717) is 25.4 Å². The van der Waals surface area contributed by atoms with Gasteiger partial charge in [-0.05, 0) is 24.6 Å². The Morgan fingerprint density at radius 2 is 2.08 bits per heavy atom. The Morgan fingerprint density at radius 3 is 2.73 bits per heavy atom. The summed E-state index contributed by atoms with van der Waals surface area (Å²) >= 11 is 0. The van der Waals surface area contributed by atoms with E-state index in [-0.39, 0.29) is 37.3 Å². The van der Waals surface area contributed by atoms with E-state index >= 15 is 0 Å². The minimum atomic E-state index is -0.380. The molecule has 0 spiro atoms. The molecule has 26 heavy (non-hydrogen) atoms. The molecule has 0 bridgehead atoms. The molecule has 6 heteroatoms. The van der Waals surface area contributed by atoms with E-state index in [1.165, 1.54) is 0 Å². The number of aryl methyl sites for hydroxylation is 1. The smallest absolute Gasteiger partial charge is 0.228 e. The van der Waals surface area contributed by atoms with Gasteiger partial charge >= 0.3 is 0 Å². The Balaban J connectivity index is 1.65. The maximum absolute atomic E-state index is 12.9. The Morgan fingerprint density at radius 1 is 1.31 bits per heavy atom. The summed E-state index contributed by atoms with van der Waals surface area (Å²) in [6.45, 7) is 3.37. The van der Waals surface area contributed by atoms with Crippen LogP contribution in [0.1, 0.15) is 23.3 Å². The van der Waals surface area contributed by atoms with Crippen LogP contribution in [0.25, 0.3) is 0 Å². The predicted octanol–water partition coefficient (Wildman–Crippen LogP) is 1.96. The van der Waals surface area contributed by atoms with Crippen molar-refractivity contribution < 1.29 is 19.1 Å². The van der Waals surface area contributed by atoms with Crippen LogP contribution in [-0.2, 0) is 22.7 Å². The van der Waals surface area contributed by atoms with Crippen LogP contribution in [0.4, 0.5) is 0 Å². The van der Waals surface area contributed by atoms with Crippen molar-refractivity contribution in [3.63, 3.8) is 0 Å². The summed E-state index contributed by atoms with van der Waals surface area (Å²) < 4.78 is 5.29. The highest BCUT2D eigenvalue weighted by molar-refractivity contribution is 5.89. The minimum Gasteiger partial charge on any atom is -0.467 e. The summed E-state index contributed by atoms with van der Waals surface area (Å²) in [5.41, 5.74) is 2.16. The first-order chi connectivity index (χ1) is 12.6. The van der Waals surface area contributed by atoms with Crippen molar-refractivity contribution in [3.8, 4) is 0 Å². The minimum absolute atomic E-state index is 0.0426. The normalized spacial score (nSPS) is 16.9. The Hall–Kier alpha value is -2.60. The molecule has 1 aromatic carbocycles. The molecule has 0 radical (unpaired) electrons. The molecule has 1 atom stereocenters. The number of aliphatic hydroxyl groups is 1. The van der Waals surface area contributed by atoms with Crippen LogP contribution >= 0.6 is 0 Å². The summed E-state index contributed by atoms with van der Waals surface area (Å²) in [5.74, 6) is 0.196. The predicted molar refractivity (Wildman–Crippen MR) is 95.9 cm³/mol. The monoisotopic (exact) mass is 356 g/mol. The molecule has 3 rings (SSSR count). The van der Waals surface area contributed by atoms with E-state index in [2.05, 4.69) is 0 Å². The van der Waals surface area contributed by atoms with Gasteiger partial charge < -0.3 is 19.3 Å². The lowest BCUT2D eigenvalue weighted by molar-refractivity contribution is -0.137. The highest BCUT2D eigenvalue weighted by atomic mass is 16.3. The second-order valence-corrected chi connectivity index (χ2v) is 6.72. The lowest BCUT2D eigenvalue weighted by atomic mass is 10.1. The van der Waals surface area contributed by atoms with Crippen molar-refractivity contribution >= 4 is 11.8 Å². The molecule has 1 aromatic heterocycles. The van der Waals surface area contributed by atoms with Gasteiger partial charge in [-0.25, -0.2) is 0 Å². The van der Waals surface area contributed by atoms with Crippen LogP contribution in [0, 0.1) is 12.8 Å². The third kappa shape index (κ3) is 4.32. The molecule has 1 fully saturated rings. The second kappa shape index (κ2) is 8.19. The fraction of sp³-hybridized carbons (Fsp3) is 0.400. The molecule has 0 saturated carbocycles. The zero-order chi connectivity index (χ0) is 18.5. The van der Waals surface area contributed by atoms with Crippen molar-refractivity contribution in [2.24, 2.45) is 5.92 Å². The zero-order valence-electron chi connectivity index (χ0n) is 14.9. The van der Waals surface area contributed by atoms with Gasteiger partial charge in [-0.1, -0.05) is 29.8 Å². The fourth-order valence-electron chi connectivity index (χ4n) is 3.24. The molecule has 0 aliphatic carbocycles. The van der Waals surface area contributed by atoms with E-state index < -0.39 is 0 Å². The van der Waals surface area contributed by atoms with Gasteiger partial charge in [-0.15, -0.1) is 0 Å². The Labute approximate surface area is 153 Å². The van der Waals surface area contributed by atoms with Crippen molar-refractivity contribution in [3.05, 3.63) is 59.5 Å². The lowest BCUT2D eigenvalue weighted by Gasteiger charge is -2.25. The second-order valence-electron chi connectivity index (χ2n) is 6.72. The van der Waals surface area contributed by atoms with Crippen LogP contribution < -0.4 is 0 Å². The molecule has 0 unspecified atom stereocenters. The van der Waals surface area contributed by atoms with Crippen LogP contribution in [0.3, 0.4) is 0 Å². The number of likely N-dealkylation sites (tertiary alicyclic amines) is 1. The van der Waals surface area contributed by atoms with Crippen molar-refractivity contribution in [2.75, 3.05) is 19.7 Å². The number of hydrogen-bond acceptors (Lipinski definition) is 4. The summed E-state index contributed by atoms with van der Waals surface area (Å²) in [4.78, 5) is 28.5. The van der Waals surface area contributed by atoms with Gasteiger partial charge in [0.05, 0.1) is 25.3 Å². The lowest BCUT2D eigenvalue weighted by Crippen LogP contribution is -2.38. The molecular weight excluding hydrogens is 332 g/mol. The van der Waals surface area contributed by atoms with Gasteiger partial charge in [0.1, 0.15) is 5.76 Å². The highest BCUT2D eigenvalue weighted by Gasteiger charge is 2.36. The van der Waals surface area contributed by atoms with E-state index in [9.17, 15) is 14.7 Å². The first-order valence-corrected chi connectivity index (χ1v) is 8.82. The number of benzene rings is 1. The van der Waals surface area contributed by atoms with E-state index in [1.54, 1.807) is 22.1 Å². The number of amides is 2. The maximum Gasteiger partial charge on any atom is 0.228 e. The molecule has 1 aliphatic heterocycles. The largest absolute Gasteiger partial charge is 0.467 e. The van der Waals surface area contributed by atoms with Crippen LogP contribution in [0.15, 0.2) is 47.1 Å². The number of aliphatic hydroxyl groups excluding tert-OH is 1. The molecule has 138 valence electrons. The zero-order valence-corrected chi connectivity index (χ0v) is 14.9. The summed E-state index contributed by atoms with van der Waals surface area (Å²) in [6.07, 6.45) is 1.78. The molecular formula is C20H24N2O4. The van der Waals surface area contributed by atoms with Crippen molar-refractivity contribution in [1.29, 1.82) is 0 Å². The van der Waals surface area contributed by atoms with Gasteiger partial charge in [-0.3, -0.25) is 9.59 Å². The van der Waals surface area contributed by atoms with Gasteiger partial charge in [0, 0.05) is 26.1 Å². The summed E-state index contributed by atoms with van der Waals surface area (Å²) in [7, 11) is 0. The average molecular weight is 356 g/mol. The molecule has 1 aliphatic rings. The van der Waals surface area contributed by atoms with Gasteiger partial charge in [-0.2, -0.15) is 0 Å². The van der Waals surface area contributed by atoms with Crippen molar-refractivity contribution in [2.45, 2.75) is 26.4 Å². The molecule has 2 amide bonds. The van der Waals surface area contributed by atoms with Crippen LogP contribution in [0.2, 0.25) is 0 Å².